The van der Waals surface area contributed by atoms with Crippen LogP contribution >= 0.6 is 0 Å². The maximum atomic E-state index is 13.4. The Hall–Kier alpha value is -1.35. The highest BCUT2D eigenvalue weighted by Gasteiger charge is 2.54. The van der Waals surface area contributed by atoms with Crippen molar-refractivity contribution in [3.8, 4) is 0 Å². The van der Waals surface area contributed by atoms with Gasteiger partial charge in [-0.15, -0.1) is 4.72 Å². The molecule has 1 saturated heterocycles. The van der Waals surface area contributed by atoms with Crippen LogP contribution in [0.3, 0.4) is 0 Å². The van der Waals surface area contributed by atoms with Gasteiger partial charge < -0.3 is 14.4 Å². The fourth-order valence-electron chi connectivity index (χ4n) is 4.41. The Morgan fingerprint density at radius 1 is 1.37 bits per heavy atom. The fourth-order valence-corrected chi connectivity index (χ4v) is 5.41. The first-order valence-electron chi connectivity index (χ1n) is 10.8. The third-order valence-corrected chi connectivity index (χ3v) is 7.94. The van der Waals surface area contributed by atoms with Crippen molar-refractivity contribution in [1.29, 1.82) is 0 Å². The monoisotopic (exact) mass is 437 g/mol. The summed E-state index contributed by atoms with van der Waals surface area (Å²) in [5.74, 6) is 0.662. The number of methoxy groups -OCH3 is 1. The normalized spacial score (nSPS) is 25.2. The Bertz CT molecular complexity index is 752. The summed E-state index contributed by atoms with van der Waals surface area (Å²) in [4.78, 5) is 18.1. The lowest BCUT2D eigenvalue weighted by molar-refractivity contribution is -0.0241. The van der Waals surface area contributed by atoms with Crippen LogP contribution in [0, 0.1) is 12.8 Å². The zero-order chi connectivity index (χ0) is 22.1. The lowest BCUT2D eigenvalue weighted by Gasteiger charge is -2.45. The van der Waals surface area contributed by atoms with Crippen molar-refractivity contribution in [3.05, 3.63) is 29.6 Å². The molecule has 0 bridgehead atoms. The average Bonchev–Trinajstić information content (AvgIpc) is 3.39. The van der Waals surface area contributed by atoms with E-state index >= 15 is 0 Å². The van der Waals surface area contributed by atoms with E-state index in [2.05, 4.69) is 9.71 Å². The summed E-state index contributed by atoms with van der Waals surface area (Å²) in [6.45, 7) is 7.72. The smallest absolute Gasteiger partial charge is 0.409 e. The van der Waals surface area contributed by atoms with Crippen molar-refractivity contribution >= 4 is 17.5 Å². The first-order valence-corrected chi connectivity index (χ1v) is 11.9. The molecule has 168 valence electrons. The first-order chi connectivity index (χ1) is 14.1. The number of aromatic nitrogens is 1. The maximum absolute atomic E-state index is 13.4. The van der Waals surface area contributed by atoms with E-state index in [0.717, 1.165) is 17.7 Å². The van der Waals surface area contributed by atoms with Crippen LogP contribution in [-0.2, 0) is 21.6 Å². The molecule has 1 aliphatic heterocycles. The minimum atomic E-state index is -1.38. The SMILES string of the molecule is COC1CCC(C(CCC2CC2)(N[S+]([O-])C(C)(C)C)c2ccnc(C)c2)N1C(=O)O. The van der Waals surface area contributed by atoms with E-state index in [1.807, 2.05) is 39.8 Å². The number of amides is 1. The number of hydrogen-bond acceptors (Lipinski definition) is 5. The molecule has 4 unspecified atom stereocenters. The molecule has 3 rings (SSSR count). The highest BCUT2D eigenvalue weighted by Crippen LogP contribution is 2.45. The second-order valence-electron chi connectivity index (χ2n) is 9.60. The van der Waals surface area contributed by atoms with Crippen LogP contribution in [0.4, 0.5) is 4.79 Å². The summed E-state index contributed by atoms with van der Waals surface area (Å²) in [5.41, 5.74) is 1.02. The van der Waals surface area contributed by atoms with E-state index in [1.165, 1.54) is 17.7 Å². The Morgan fingerprint density at radius 3 is 2.60 bits per heavy atom. The van der Waals surface area contributed by atoms with Crippen LogP contribution in [0.5, 0.6) is 0 Å². The van der Waals surface area contributed by atoms with Crippen LogP contribution in [0.15, 0.2) is 18.3 Å². The van der Waals surface area contributed by atoms with Gasteiger partial charge in [-0.1, -0.05) is 12.8 Å². The number of pyridine rings is 1. The van der Waals surface area contributed by atoms with Gasteiger partial charge in [0.25, 0.3) is 0 Å². The van der Waals surface area contributed by atoms with Crippen LogP contribution in [0.2, 0.25) is 0 Å². The van der Waals surface area contributed by atoms with Crippen molar-refractivity contribution < 1.29 is 19.2 Å². The molecule has 1 aromatic rings. The number of nitrogens with zero attached hydrogens (tertiary/aromatic N) is 2. The molecular formula is C22H35N3O4S. The summed E-state index contributed by atoms with van der Waals surface area (Å²) in [7, 11) is 1.55. The molecule has 0 aromatic carbocycles. The van der Waals surface area contributed by atoms with Crippen LogP contribution in [-0.4, -0.2) is 49.8 Å². The Morgan fingerprint density at radius 2 is 2.07 bits per heavy atom. The fraction of sp³-hybridized carbons (Fsp3) is 0.727. The Balaban J connectivity index is 2.11. The second kappa shape index (κ2) is 9.02. The molecule has 2 aliphatic rings. The predicted octanol–water partition coefficient (Wildman–Crippen LogP) is 3.94. The first kappa shape index (κ1) is 23.3. The highest BCUT2D eigenvalue weighted by molar-refractivity contribution is 7.90. The molecule has 2 fully saturated rings. The van der Waals surface area contributed by atoms with Gasteiger partial charge in [-0.25, -0.2) is 4.79 Å². The number of carbonyl (C=O) groups is 1. The molecule has 2 heterocycles. The number of carboxylic acid groups (broad SMARTS) is 1. The van der Waals surface area contributed by atoms with Gasteiger partial charge in [-0.2, -0.15) is 0 Å². The van der Waals surface area contributed by atoms with Gasteiger partial charge in [0.15, 0.2) is 0 Å². The number of aryl methyl sites for hydroxylation is 1. The topological polar surface area (TPSA) is 97.8 Å². The molecule has 1 amide bonds. The Labute approximate surface area is 182 Å². The Kier molecular flexibility index (Phi) is 7.01. The van der Waals surface area contributed by atoms with Gasteiger partial charge in [-0.05, 0) is 77.0 Å². The van der Waals surface area contributed by atoms with E-state index < -0.39 is 34.0 Å². The summed E-state index contributed by atoms with van der Waals surface area (Å²) in [6, 6.07) is 3.55. The van der Waals surface area contributed by atoms with Crippen molar-refractivity contribution in [2.75, 3.05) is 7.11 Å². The standard InChI is InChI=1S/C22H35N3O4S/c1-15-14-17(11-13-23-15)22(12-10-16-6-7-16,24-30(28)21(2,3)4)18-8-9-19(29-5)25(18)20(26)27/h11,13-14,16,18-19,24H,6-10,12H2,1-5H3,(H,26,27). The minimum absolute atomic E-state index is 0.383. The lowest BCUT2D eigenvalue weighted by atomic mass is 9.78. The van der Waals surface area contributed by atoms with Crippen molar-refractivity contribution in [3.63, 3.8) is 0 Å². The molecule has 8 heteroatoms. The molecule has 1 saturated carbocycles. The van der Waals surface area contributed by atoms with Crippen LogP contribution in [0.1, 0.15) is 70.6 Å². The van der Waals surface area contributed by atoms with Gasteiger partial charge in [0.2, 0.25) is 0 Å². The zero-order valence-corrected chi connectivity index (χ0v) is 19.5. The molecular weight excluding hydrogens is 402 g/mol. The van der Waals surface area contributed by atoms with Gasteiger partial charge in [-0.3, -0.25) is 9.88 Å². The average molecular weight is 438 g/mol. The number of rotatable bonds is 8. The predicted molar refractivity (Wildman–Crippen MR) is 117 cm³/mol. The number of ether oxygens (including phenoxy) is 1. The maximum Gasteiger partial charge on any atom is 0.409 e. The third-order valence-electron chi connectivity index (χ3n) is 6.28. The van der Waals surface area contributed by atoms with Gasteiger partial charge in [0.1, 0.15) is 16.5 Å². The highest BCUT2D eigenvalue weighted by atomic mass is 32.2. The molecule has 2 N–H and O–H groups in total. The molecule has 1 aromatic heterocycles. The van der Waals surface area contributed by atoms with E-state index in [9.17, 15) is 14.5 Å². The summed E-state index contributed by atoms with van der Waals surface area (Å²) in [5, 5.41) is 10.1. The van der Waals surface area contributed by atoms with Crippen molar-refractivity contribution in [1.82, 2.24) is 14.6 Å². The summed E-state index contributed by atoms with van der Waals surface area (Å²) in [6.07, 6.45) is 5.62. The van der Waals surface area contributed by atoms with E-state index in [4.69, 9.17) is 4.74 Å². The minimum Gasteiger partial charge on any atom is -0.598 e. The third kappa shape index (κ3) is 4.93. The molecule has 7 nitrogen and oxygen atoms in total. The van der Waals surface area contributed by atoms with Crippen molar-refractivity contribution in [2.45, 2.75) is 88.8 Å². The quantitative estimate of drug-likeness (QED) is 0.598. The van der Waals surface area contributed by atoms with Gasteiger partial charge in [0.05, 0.1) is 6.04 Å². The zero-order valence-electron chi connectivity index (χ0n) is 18.7. The lowest BCUT2D eigenvalue weighted by Crippen LogP contribution is -2.62. The van der Waals surface area contributed by atoms with E-state index in [-0.39, 0.29) is 6.04 Å². The molecule has 0 radical (unpaired) electrons. The van der Waals surface area contributed by atoms with Gasteiger partial charge in [0, 0.05) is 30.4 Å². The summed E-state index contributed by atoms with van der Waals surface area (Å²) >= 11 is -1.38. The summed E-state index contributed by atoms with van der Waals surface area (Å²) < 4.78 is 21.8. The van der Waals surface area contributed by atoms with Crippen LogP contribution < -0.4 is 4.72 Å². The van der Waals surface area contributed by atoms with Crippen LogP contribution in [0.25, 0.3) is 0 Å². The molecule has 1 aliphatic carbocycles. The van der Waals surface area contributed by atoms with E-state index in [1.54, 1.807) is 13.3 Å². The van der Waals surface area contributed by atoms with E-state index in [0.29, 0.717) is 25.2 Å². The number of nitrogens with one attached hydrogen (secondary N) is 1. The van der Waals surface area contributed by atoms with Gasteiger partial charge >= 0.3 is 6.09 Å². The molecule has 4 atom stereocenters. The number of likely N-dealkylation sites (tertiary alicyclic amines) is 1. The molecule has 0 spiro atoms. The number of hydrogen-bond donors (Lipinski definition) is 2. The molecule has 30 heavy (non-hydrogen) atoms. The second-order valence-corrected chi connectivity index (χ2v) is 11.6. The largest absolute Gasteiger partial charge is 0.598 e. The van der Waals surface area contributed by atoms with Crippen molar-refractivity contribution in [2.24, 2.45) is 5.92 Å².